The third kappa shape index (κ3) is 4.32. The van der Waals surface area contributed by atoms with Crippen LogP contribution in [0.4, 0.5) is 4.39 Å². The van der Waals surface area contributed by atoms with Crippen LogP contribution in [0, 0.1) is 17.3 Å². The second kappa shape index (κ2) is 7.80. The first-order valence-electron chi connectivity index (χ1n) is 7.98. The first-order chi connectivity index (χ1) is 9.48. The highest BCUT2D eigenvalue weighted by atomic mass is 19.1. The highest BCUT2D eigenvalue weighted by molar-refractivity contribution is 5.92. The van der Waals surface area contributed by atoms with Crippen LogP contribution >= 0.6 is 0 Å². The minimum Gasteiger partial charge on any atom is -0.512 e. The second-order valence-corrected chi connectivity index (χ2v) is 6.33. The highest BCUT2D eigenvalue weighted by Gasteiger charge is 2.34. The SMILES string of the molecule is CCC1(CC)CCC(C(=O)C=C(O)C(C)CCF)CC1. The molecule has 1 N–H and O–H groups in total. The molecule has 0 saturated heterocycles. The van der Waals surface area contributed by atoms with Gasteiger partial charge in [-0.2, -0.15) is 0 Å². The van der Waals surface area contributed by atoms with Crippen molar-refractivity contribution in [3.63, 3.8) is 0 Å². The summed E-state index contributed by atoms with van der Waals surface area (Å²) >= 11 is 0. The van der Waals surface area contributed by atoms with Gasteiger partial charge in [0.05, 0.1) is 12.4 Å². The van der Waals surface area contributed by atoms with E-state index in [1.807, 2.05) is 0 Å². The molecule has 0 spiro atoms. The van der Waals surface area contributed by atoms with E-state index >= 15 is 0 Å². The van der Waals surface area contributed by atoms with Gasteiger partial charge in [-0.25, -0.2) is 0 Å². The van der Waals surface area contributed by atoms with Crippen molar-refractivity contribution in [2.45, 2.75) is 65.7 Å². The van der Waals surface area contributed by atoms with Gasteiger partial charge in [-0.15, -0.1) is 0 Å². The Morgan fingerprint density at radius 3 is 2.35 bits per heavy atom. The van der Waals surface area contributed by atoms with E-state index in [0.717, 1.165) is 25.7 Å². The Hall–Kier alpha value is -0.860. The van der Waals surface area contributed by atoms with E-state index in [2.05, 4.69) is 13.8 Å². The zero-order valence-corrected chi connectivity index (χ0v) is 13.1. The Labute approximate surface area is 122 Å². The first kappa shape index (κ1) is 17.2. The van der Waals surface area contributed by atoms with Gasteiger partial charge in [-0.1, -0.05) is 33.6 Å². The molecule has 20 heavy (non-hydrogen) atoms. The fraction of sp³-hybridized carbons (Fsp3) is 0.824. The maximum Gasteiger partial charge on any atom is 0.162 e. The van der Waals surface area contributed by atoms with E-state index in [1.165, 1.54) is 18.9 Å². The lowest BCUT2D eigenvalue weighted by atomic mass is 9.67. The number of aliphatic hydroxyl groups is 1. The van der Waals surface area contributed by atoms with E-state index in [9.17, 15) is 14.3 Å². The highest BCUT2D eigenvalue weighted by Crippen LogP contribution is 2.44. The van der Waals surface area contributed by atoms with Crippen LogP contribution < -0.4 is 0 Å². The number of hydrogen-bond acceptors (Lipinski definition) is 2. The number of allylic oxidation sites excluding steroid dienone is 2. The number of carbonyl (C=O) groups is 1. The van der Waals surface area contributed by atoms with Gasteiger partial charge in [0, 0.05) is 17.9 Å². The Balaban J connectivity index is 2.57. The van der Waals surface area contributed by atoms with Crippen molar-refractivity contribution in [2.24, 2.45) is 17.3 Å². The van der Waals surface area contributed by atoms with Crippen LogP contribution in [0.3, 0.4) is 0 Å². The fourth-order valence-electron chi connectivity index (χ4n) is 3.19. The number of halogens is 1. The summed E-state index contributed by atoms with van der Waals surface area (Å²) in [5.74, 6) is -0.164. The summed E-state index contributed by atoms with van der Waals surface area (Å²) in [6.07, 6.45) is 8.02. The molecule has 1 atom stereocenters. The molecular weight excluding hydrogens is 255 g/mol. The lowest BCUT2D eigenvalue weighted by Crippen LogP contribution is -2.29. The standard InChI is InChI=1S/C17H29FO2/c1-4-17(5-2)9-6-14(7-10-17)16(20)12-15(19)13(3)8-11-18/h12-14,19H,4-11H2,1-3H3. The predicted octanol–water partition coefficient (Wildman–Crippen LogP) is 4.99. The van der Waals surface area contributed by atoms with Gasteiger partial charge in [0.25, 0.3) is 0 Å². The van der Waals surface area contributed by atoms with Gasteiger partial charge in [0.15, 0.2) is 5.78 Å². The van der Waals surface area contributed by atoms with Crippen LogP contribution in [-0.2, 0) is 4.79 Å². The third-order valence-corrected chi connectivity index (χ3v) is 5.29. The number of carbonyl (C=O) groups excluding carboxylic acids is 1. The van der Waals surface area contributed by atoms with Crippen molar-refractivity contribution < 1.29 is 14.3 Å². The molecule has 1 saturated carbocycles. The molecule has 1 aliphatic rings. The second-order valence-electron chi connectivity index (χ2n) is 6.33. The summed E-state index contributed by atoms with van der Waals surface area (Å²) in [5.41, 5.74) is 0.421. The average molecular weight is 284 g/mol. The molecule has 0 aliphatic heterocycles. The van der Waals surface area contributed by atoms with Gasteiger partial charge in [-0.3, -0.25) is 9.18 Å². The van der Waals surface area contributed by atoms with Gasteiger partial charge in [0.2, 0.25) is 0 Å². The third-order valence-electron chi connectivity index (χ3n) is 5.29. The van der Waals surface area contributed by atoms with E-state index in [1.54, 1.807) is 6.92 Å². The van der Waals surface area contributed by atoms with Crippen LogP contribution in [0.2, 0.25) is 0 Å². The van der Waals surface area contributed by atoms with Crippen molar-refractivity contribution in [1.82, 2.24) is 0 Å². The largest absolute Gasteiger partial charge is 0.512 e. The molecule has 0 heterocycles. The summed E-state index contributed by atoms with van der Waals surface area (Å²) in [6, 6.07) is 0. The van der Waals surface area contributed by atoms with Crippen LogP contribution in [0.25, 0.3) is 0 Å². The van der Waals surface area contributed by atoms with Crippen LogP contribution in [-0.4, -0.2) is 17.6 Å². The predicted molar refractivity (Wildman–Crippen MR) is 80.4 cm³/mol. The first-order valence-corrected chi connectivity index (χ1v) is 7.98. The van der Waals surface area contributed by atoms with Gasteiger partial charge in [-0.05, 0) is 37.5 Å². The maximum atomic E-state index is 12.2. The molecule has 3 heteroatoms. The lowest BCUT2D eigenvalue weighted by Gasteiger charge is -2.38. The number of rotatable bonds is 7. The van der Waals surface area contributed by atoms with Gasteiger partial charge < -0.3 is 5.11 Å². The smallest absolute Gasteiger partial charge is 0.162 e. The van der Waals surface area contributed by atoms with Crippen molar-refractivity contribution in [1.29, 1.82) is 0 Å². The summed E-state index contributed by atoms with van der Waals surface area (Å²) in [5, 5.41) is 9.82. The number of alkyl halides is 1. The average Bonchev–Trinajstić information content (AvgIpc) is 2.47. The summed E-state index contributed by atoms with van der Waals surface area (Å²) in [7, 11) is 0. The van der Waals surface area contributed by atoms with Crippen molar-refractivity contribution >= 4 is 5.78 Å². The number of aliphatic hydroxyl groups excluding tert-OH is 1. The lowest BCUT2D eigenvalue weighted by molar-refractivity contribution is -0.120. The van der Waals surface area contributed by atoms with Crippen LogP contribution in [0.15, 0.2) is 11.8 Å². The number of hydrogen-bond donors (Lipinski definition) is 1. The Kier molecular flexibility index (Phi) is 6.70. The van der Waals surface area contributed by atoms with Gasteiger partial charge in [0.1, 0.15) is 0 Å². The fourth-order valence-corrected chi connectivity index (χ4v) is 3.19. The molecule has 1 aliphatic carbocycles. The van der Waals surface area contributed by atoms with E-state index in [4.69, 9.17) is 0 Å². The molecule has 1 rings (SSSR count). The van der Waals surface area contributed by atoms with Crippen molar-refractivity contribution in [3.8, 4) is 0 Å². The molecular formula is C17H29FO2. The van der Waals surface area contributed by atoms with E-state index in [0.29, 0.717) is 5.41 Å². The molecule has 0 aromatic rings. The molecule has 0 bridgehead atoms. The van der Waals surface area contributed by atoms with Crippen LogP contribution in [0.1, 0.15) is 65.7 Å². The quantitative estimate of drug-likeness (QED) is 0.528. The Morgan fingerprint density at radius 1 is 1.35 bits per heavy atom. The Morgan fingerprint density at radius 2 is 1.90 bits per heavy atom. The molecule has 0 aromatic heterocycles. The van der Waals surface area contributed by atoms with Gasteiger partial charge >= 0.3 is 0 Å². The summed E-state index contributed by atoms with van der Waals surface area (Å²) in [4.78, 5) is 12.2. The van der Waals surface area contributed by atoms with Crippen LogP contribution in [0.5, 0.6) is 0 Å². The maximum absolute atomic E-state index is 12.2. The molecule has 0 amide bonds. The topological polar surface area (TPSA) is 37.3 Å². The van der Waals surface area contributed by atoms with E-state index < -0.39 is 6.67 Å². The molecule has 116 valence electrons. The van der Waals surface area contributed by atoms with Crippen molar-refractivity contribution in [2.75, 3.05) is 6.67 Å². The minimum absolute atomic E-state index is 0.0222. The van der Waals surface area contributed by atoms with Crippen molar-refractivity contribution in [3.05, 3.63) is 11.8 Å². The zero-order chi connectivity index (χ0) is 15.2. The monoisotopic (exact) mass is 284 g/mol. The minimum atomic E-state index is -0.466. The molecule has 0 aromatic carbocycles. The Bertz CT molecular complexity index is 335. The molecule has 1 fully saturated rings. The summed E-state index contributed by atoms with van der Waals surface area (Å²) < 4.78 is 12.2. The summed E-state index contributed by atoms with van der Waals surface area (Å²) in [6.45, 7) is 5.75. The normalized spacial score (nSPS) is 21.7. The van der Waals surface area contributed by atoms with E-state index in [-0.39, 0.29) is 29.8 Å². The zero-order valence-electron chi connectivity index (χ0n) is 13.1. The number of ketones is 1. The molecule has 0 radical (unpaired) electrons. The molecule has 2 nitrogen and oxygen atoms in total. The molecule has 1 unspecified atom stereocenters.